The zero-order chi connectivity index (χ0) is 30.5. The third-order valence-corrected chi connectivity index (χ3v) is 9.30. The lowest BCUT2D eigenvalue weighted by Gasteiger charge is -2.45. The molecule has 0 spiro atoms. The summed E-state index contributed by atoms with van der Waals surface area (Å²) >= 11 is 13.2. The van der Waals surface area contributed by atoms with E-state index in [-0.39, 0.29) is 18.1 Å². The Bertz CT molecular complexity index is 1810. The number of aliphatic hydroxyl groups is 1. The van der Waals surface area contributed by atoms with Crippen molar-refractivity contribution in [3.63, 3.8) is 0 Å². The van der Waals surface area contributed by atoms with Crippen molar-refractivity contribution < 1.29 is 27.6 Å². The van der Waals surface area contributed by atoms with E-state index in [1.54, 1.807) is 36.4 Å². The van der Waals surface area contributed by atoms with Crippen molar-refractivity contribution in [3.05, 3.63) is 104 Å². The highest BCUT2D eigenvalue weighted by atomic mass is 35.5. The highest BCUT2D eigenvalue weighted by molar-refractivity contribution is 7.89. The van der Waals surface area contributed by atoms with Crippen LogP contribution >= 0.6 is 23.2 Å². The third-order valence-electron chi connectivity index (χ3n) is 8.12. The number of amides is 1. The SMILES string of the molecule is Cc1cccc(Cl)c1-c1noc(C2CC2)c1COc1ccc(C2(O)CC(c3cccc(C(=O)NS(C)(=O)=O)c3)C2)c(Cl)c1. The number of benzene rings is 3. The van der Waals surface area contributed by atoms with E-state index in [0.717, 1.165) is 47.1 Å². The summed E-state index contributed by atoms with van der Waals surface area (Å²) in [6.45, 7) is 2.21. The number of sulfonamides is 1. The van der Waals surface area contributed by atoms with Crippen LogP contribution in [-0.4, -0.2) is 30.8 Å². The molecule has 2 fully saturated rings. The summed E-state index contributed by atoms with van der Waals surface area (Å²) in [5.41, 5.74) is 3.90. The summed E-state index contributed by atoms with van der Waals surface area (Å²) in [5, 5.41) is 16.8. The van der Waals surface area contributed by atoms with Gasteiger partial charge in [-0.15, -0.1) is 0 Å². The summed E-state index contributed by atoms with van der Waals surface area (Å²) in [7, 11) is -3.68. The molecule has 1 aromatic heterocycles. The number of carbonyl (C=O) groups excluding carboxylic acids is 1. The van der Waals surface area contributed by atoms with Crippen LogP contribution in [0.25, 0.3) is 11.3 Å². The topological polar surface area (TPSA) is 119 Å². The first kappa shape index (κ1) is 29.7. The molecule has 0 radical (unpaired) electrons. The lowest BCUT2D eigenvalue weighted by atomic mass is 9.65. The number of nitrogens with zero attached hydrogens (tertiary/aromatic N) is 1. The van der Waals surface area contributed by atoms with E-state index >= 15 is 0 Å². The minimum atomic E-state index is -3.68. The second kappa shape index (κ2) is 11.3. The molecular weight excluding hydrogens is 611 g/mol. The van der Waals surface area contributed by atoms with E-state index in [1.165, 1.54) is 0 Å². The fraction of sp³-hybridized carbons (Fsp3) is 0.312. The van der Waals surface area contributed by atoms with Gasteiger partial charge in [0.25, 0.3) is 5.91 Å². The monoisotopic (exact) mass is 640 g/mol. The van der Waals surface area contributed by atoms with Crippen molar-refractivity contribution >= 4 is 39.1 Å². The largest absolute Gasteiger partial charge is 0.489 e. The van der Waals surface area contributed by atoms with Crippen LogP contribution in [-0.2, 0) is 22.2 Å². The maximum Gasteiger partial charge on any atom is 0.264 e. The van der Waals surface area contributed by atoms with Crippen LogP contribution in [0.15, 0.2) is 65.2 Å². The van der Waals surface area contributed by atoms with Crippen LogP contribution in [0, 0.1) is 6.92 Å². The molecule has 8 nitrogen and oxygen atoms in total. The molecule has 43 heavy (non-hydrogen) atoms. The van der Waals surface area contributed by atoms with Crippen LogP contribution in [0.3, 0.4) is 0 Å². The first-order valence-corrected chi connectivity index (χ1v) is 16.6. The van der Waals surface area contributed by atoms with Gasteiger partial charge in [0.1, 0.15) is 23.8 Å². The maximum absolute atomic E-state index is 12.3. The first-order valence-electron chi connectivity index (χ1n) is 13.9. The number of rotatable bonds is 9. The zero-order valence-electron chi connectivity index (χ0n) is 23.6. The number of hydrogen-bond donors (Lipinski definition) is 2. The fourth-order valence-electron chi connectivity index (χ4n) is 5.75. The smallest absolute Gasteiger partial charge is 0.264 e. The number of aromatic nitrogens is 1. The molecule has 2 N–H and O–H groups in total. The second-order valence-electron chi connectivity index (χ2n) is 11.5. The average Bonchev–Trinajstić information content (AvgIpc) is 3.69. The summed E-state index contributed by atoms with van der Waals surface area (Å²) in [4.78, 5) is 12.3. The van der Waals surface area contributed by atoms with Gasteiger partial charge in [-0.1, -0.05) is 58.7 Å². The first-order chi connectivity index (χ1) is 20.4. The number of aryl methyl sites for hydroxylation is 1. The van der Waals surface area contributed by atoms with Gasteiger partial charge in [0.05, 0.1) is 27.5 Å². The van der Waals surface area contributed by atoms with Crippen molar-refractivity contribution in [2.24, 2.45) is 0 Å². The van der Waals surface area contributed by atoms with E-state index < -0.39 is 21.5 Å². The molecule has 0 saturated heterocycles. The molecule has 0 atom stereocenters. The third kappa shape index (κ3) is 6.17. The molecule has 3 aromatic carbocycles. The number of hydrogen-bond acceptors (Lipinski definition) is 7. The second-order valence-corrected chi connectivity index (χ2v) is 14.0. The summed E-state index contributed by atoms with van der Waals surface area (Å²) in [6.07, 6.45) is 3.81. The van der Waals surface area contributed by atoms with E-state index in [2.05, 4.69) is 5.16 Å². The molecule has 2 aliphatic carbocycles. The molecule has 4 aromatic rings. The average molecular weight is 642 g/mol. The van der Waals surface area contributed by atoms with E-state index in [9.17, 15) is 18.3 Å². The van der Waals surface area contributed by atoms with Gasteiger partial charge in [0.15, 0.2) is 0 Å². The molecule has 0 unspecified atom stereocenters. The lowest BCUT2D eigenvalue weighted by Crippen LogP contribution is -2.40. The summed E-state index contributed by atoms with van der Waals surface area (Å²) in [5.74, 6) is 0.975. The summed E-state index contributed by atoms with van der Waals surface area (Å²) in [6, 6.07) is 17.7. The van der Waals surface area contributed by atoms with Gasteiger partial charge >= 0.3 is 0 Å². The minimum Gasteiger partial charge on any atom is -0.489 e. The van der Waals surface area contributed by atoms with Gasteiger partial charge in [-0.3, -0.25) is 4.79 Å². The molecule has 2 saturated carbocycles. The number of nitrogens with one attached hydrogen (secondary N) is 1. The standard InChI is InChI=1S/C32H30Cl2N2O6S/c1-18-5-3-8-26(33)28(18)29-24(30(42-35-29)19-9-10-19)17-41-23-11-12-25(27(34)14-23)32(38)15-22(16-32)20-6-4-7-21(13-20)31(37)36-43(2,39)40/h3-8,11-14,19,22,38H,9-10,15-17H2,1-2H3,(H,36,37). The van der Waals surface area contributed by atoms with Gasteiger partial charge in [0.2, 0.25) is 10.0 Å². The van der Waals surface area contributed by atoms with Crippen molar-refractivity contribution in [2.45, 2.75) is 56.7 Å². The molecule has 11 heteroatoms. The predicted octanol–water partition coefficient (Wildman–Crippen LogP) is 6.87. The van der Waals surface area contributed by atoms with Gasteiger partial charge < -0.3 is 14.4 Å². The molecule has 1 amide bonds. The Morgan fingerprint density at radius 2 is 1.81 bits per heavy atom. The Morgan fingerprint density at radius 1 is 1.07 bits per heavy atom. The molecule has 6 rings (SSSR count). The van der Waals surface area contributed by atoms with E-state index in [1.807, 2.05) is 35.9 Å². The molecule has 2 aliphatic rings. The van der Waals surface area contributed by atoms with Crippen LogP contribution in [0.5, 0.6) is 5.75 Å². The van der Waals surface area contributed by atoms with Crippen LogP contribution < -0.4 is 9.46 Å². The Morgan fingerprint density at radius 3 is 2.49 bits per heavy atom. The van der Waals surface area contributed by atoms with Crippen LogP contribution in [0.2, 0.25) is 10.0 Å². The van der Waals surface area contributed by atoms with Crippen LogP contribution in [0.1, 0.15) is 75.9 Å². The van der Waals surface area contributed by atoms with Gasteiger partial charge in [-0.25, -0.2) is 13.1 Å². The van der Waals surface area contributed by atoms with Gasteiger partial charge in [-0.05, 0) is 80.0 Å². The van der Waals surface area contributed by atoms with Gasteiger partial charge in [-0.2, -0.15) is 0 Å². The van der Waals surface area contributed by atoms with E-state index in [0.29, 0.717) is 45.8 Å². The molecule has 224 valence electrons. The van der Waals surface area contributed by atoms with Crippen molar-refractivity contribution in [1.29, 1.82) is 0 Å². The normalized spacial score (nSPS) is 20.0. The molecule has 1 heterocycles. The Balaban J connectivity index is 1.16. The van der Waals surface area contributed by atoms with Crippen LogP contribution in [0.4, 0.5) is 0 Å². The quantitative estimate of drug-likeness (QED) is 0.205. The van der Waals surface area contributed by atoms with Crippen molar-refractivity contribution in [1.82, 2.24) is 9.88 Å². The zero-order valence-corrected chi connectivity index (χ0v) is 25.9. The minimum absolute atomic E-state index is 0.0240. The van der Waals surface area contributed by atoms with Crippen molar-refractivity contribution in [3.8, 4) is 17.0 Å². The number of carbonyl (C=O) groups is 1. The molecule has 0 bridgehead atoms. The Kier molecular flexibility index (Phi) is 7.79. The Labute approximate surface area is 260 Å². The Hall–Kier alpha value is -3.37. The van der Waals surface area contributed by atoms with Gasteiger partial charge in [0, 0.05) is 22.6 Å². The molecular formula is C32H30Cl2N2O6S. The maximum atomic E-state index is 12.3. The predicted molar refractivity (Wildman–Crippen MR) is 164 cm³/mol. The van der Waals surface area contributed by atoms with E-state index in [4.69, 9.17) is 32.5 Å². The highest BCUT2D eigenvalue weighted by Gasteiger charge is 2.46. The summed E-state index contributed by atoms with van der Waals surface area (Å²) < 4.78 is 36.8. The highest BCUT2D eigenvalue weighted by Crippen LogP contribution is 2.53. The number of ether oxygens (including phenoxy) is 1. The lowest BCUT2D eigenvalue weighted by molar-refractivity contribution is -0.0549. The van der Waals surface area contributed by atoms with Crippen molar-refractivity contribution in [2.75, 3.05) is 6.26 Å². The number of halogens is 2. The molecule has 0 aliphatic heterocycles. The fourth-order valence-corrected chi connectivity index (χ4v) is 6.86.